The van der Waals surface area contributed by atoms with Crippen LogP contribution in [0.15, 0.2) is 12.1 Å². The number of halogens is 1. The van der Waals surface area contributed by atoms with Crippen LogP contribution in [0.5, 0.6) is 5.75 Å². The number of thiazole rings is 1. The predicted octanol–water partition coefficient (Wildman–Crippen LogP) is 5.38. The summed E-state index contributed by atoms with van der Waals surface area (Å²) in [6, 6.07) is 3.02. The lowest BCUT2D eigenvalue weighted by Gasteiger charge is -2.39. The maximum Gasteiger partial charge on any atom is 0.408 e. The number of ether oxygens (including phenoxy) is 2. The number of amides is 1. The van der Waals surface area contributed by atoms with Gasteiger partial charge in [-0.25, -0.2) is 14.2 Å². The van der Waals surface area contributed by atoms with Crippen LogP contribution in [0.3, 0.4) is 0 Å². The fourth-order valence-electron chi connectivity index (χ4n) is 4.36. The first-order valence-electron chi connectivity index (χ1n) is 11.7. The maximum absolute atomic E-state index is 14.4. The van der Waals surface area contributed by atoms with Crippen molar-refractivity contribution in [2.45, 2.75) is 71.1 Å². The van der Waals surface area contributed by atoms with Gasteiger partial charge in [0.2, 0.25) is 0 Å². The van der Waals surface area contributed by atoms with Crippen LogP contribution in [0.2, 0.25) is 0 Å². The zero-order valence-corrected chi connectivity index (χ0v) is 20.7. The topological polar surface area (TPSA) is 75.1 Å². The number of nitrogens with zero attached hydrogens (tertiary/aromatic N) is 3. The molecule has 0 unspecified atom stereocenters. The van der Waals surface area contributed by atoms with Gasteiger partial charge in [0, 0.05) is 30.8 Å². The van der Waals surface area contributed by atoms with Gasteiger partial charge in [0.25, 0.3) is 0 Å². The molecule has 4 rings (SSSR count). The van der Waals surface area contributed by atoms with Crippen molar-refractivity contribution >= 4 is 32.8 Å². The molecule has 1 N–H and O–H groups in total. The Labute approximate surface area is 198 Å². The summed E-state index contributed by atoms with van der Waals surface area (Å²) in [4.78, 5) is 20.0. The molecule has 1 aromatic carbocycles. The summed E-state index contributed by atoms with van der Waals surface area (Å²) in [5.41, 5.74) is 0.182. The number of anilines is 1. The Bertz CT molecular complexity index is 980. The maximum atomic E-state index is 14.4. The zero-order valence-electron chi connectivity index (χ0n) is 19.8. The summed E-state index contributed by atoms with van der Waals surface area (Å²) in [6.07, 6.45) is 3.18. The molecule has 182 valence electrons. The molecule has 2 aliphatic rings. The zero-order chi connectivity index (χ0) is 23.8. The van der Waals surface area contributed by atoms with E-state index in [0.717, 1.165) is 35.8 Å². The third-order valence-electron chi connectivity index (χ3n) is 6.26. The second kappa shape index (κ2) is 9.62. The highest BCUT2D eigenvalue weighted by atomic mass is 32.1. The van der Waals surface area contributed by atoms with E-state index >= 15 is 0 Å². The molecule has 7 nitrogen and oxygen atoms in total. The molecule has 1 saturated heterocycles. The van der Waals surface area contributed by atoms with E-state index in [1.54, 1.807) is 17.4 Å². The summed E-state index contributed by atoms with van der Waals surface area (Å²) < 4.78 is 27.1. The molecule has 1 amide bonds. The molecule has 0 spiro atoms. The molecule has 1 aliphatic heterocycles. The molecule has 0 radical (unpaired) electrons. The molecule has 1 aliphatic carbocycles. The fraction of sp³-hybridized carbons (Fsp3) is 0.667. The molecular formula is C24H34FN3O4S. The van der Waals surface area contributed by atoms with Gasteiger partial charge in [-0.2, -0.15) is 0 Å². The summed E-state index contributed by atoms with van der Waals surface area (Å²) in [5, 5.41) is 10.4. The van der Waals surface area contributed by atoms with Gasteiger partial charge in [0.05, 0.1) is 35.6 Å². The molecule has 1 aromatic heterocycles. The smallest absolute Gasteiger partial charge is 0.408 e. The van der Waals surface area contributed by atoms with Crippen molar-refractivity contribution in [1.29, 1.82) is 0 Å². The van der Waals surface area contributed by atoms with Crippen molar-refractivity contribution in [3.63, 3.8) is 0 Å². The Kier molecular flexibility index (Phi) is 7.00. The molecule has 9 heteroatoms. The second-order valence-corrected chi connectivity index (χ2v) is 11.2. The van der Waals surface area contributed by atoms with E-state index in [1.165, 1.54) is 23.8 Å². The van der Waals surface area contributed by atoms with Gasteiger partial charge in [-0.15, -0.1) is 0 Å². The van der Waals surface area contributed by atoms with E-state index in [0.29, 0.717) is 30.4 Å². The molecule has 1 atom stereocenters. The summed E-state index contributed by atoms with van der Waals surface area (Å²) in [6.45, 7) is 10.1. The largest absolute Gasteiger partial charge is 0.490 e. The number of benzene rings is 1. The Hall–Kier alpha value is -2.13. The average molecular weight is 480 g/mol. The standard InChI is InChI=1S/C24H34FN3O4S/c1-15(28(23(29)30)24(2,3)4)13-31-17-7-9-27(10-8-17)22-26-19-11-18(25)20(12-21(19)33-22)32-14-16-5-6-16/h11-12,15-17H,5-10,13-14H2,1-4H3,(H,29,30)/t15-/m0/s1. The lowest BCUT2D eigenvalue weighted by molar-refractivity contribution is -0.0140. The molecule has 2 heterocycles. The van der Waals surface area contributed by atoms with E-state index in [-0.39, 0.29) is 18.0 Å². The lowest BCUT2D eigenvalue weighted by atomic mass is 10.0. The highest BCUT2D eigenvalue weighted by Crippen LogP contribution is 2.36. The van der Waals surface area contributed by atoms with Gasteiger partial charge >= 0.3 is 6.09 Å². The minimum atomic E-state index is -0.929. The van der Waals surface area contributed by atoms with Crippen LogP contribution < -0.4 is 9.64 Å². The van der Waals surface area contributed by atoms with Crippen molar-refractivity contribution in [3.05, 3.63) is 17.9 Å². The highest BCUT2D eigenvalue weighted by Gasteiger charge is 2.32. The predicted molar refractivity (Wildman–Crippen MR) is 128 cm³/mol. The van der Waals surface area contributed by atoms with E-state index in [9.17, 15) is 14.3 Å². The number of hydrogen-bond donors (Lipinski definition) is 1. The van der Waals surface area contributed by atoms with Crippen LogP contribution in [0, 0.1) is 11.7 Å². The van der Waals surface area contributed by atoms with E-state index < -0.39 is 11.6 Å². The van der Waals surface area contributed by atoms with Crippen LogP contribution in [-0.4, -0.2) is 65.1 Å². The number of rotatable bonds is 8. The Morgan fingerprint density at radius 2 is 2.00 bits per heavy atom. The molecule has 0 bridgehead atoms. The van der Waals surface area contributed by atoms with Crippen LogP contribution in [0.25, 0.3) is 10.2 Å². The number of hydrogen-bond acceptors (Lipinski definition) is 6. The van der Waals surface area contributed by atoms with E-state index in [4.69, 9.17) is 9.47 Å². The molecular weight excluding hydrogens is 445 g/mol. The van der Waals surface area contributed by atoms with Gasteiger partial charge in [-0.1, -0.05) is 11.3 Å². The molecule has 1 saturated carbocycles. The van der Waals surface area contributed by atoms with Crippen molar-refractivity contribution in [2.24, 2.45) is 5.92 Å². The number of aromatic nitrogens is 1. The minimum absolute atomic E-state index is 0.0913. The van der Waals surface area contributed by atoms with Crippen LogP contribution in [-0.2, 0) is 4.74 Å². The number of carboxylic acid groups (broad SMARTS) is 1. The van der Waals surface area contributed by atoms with E-state index in [1.807, 2.05) is 27.7 Å². The summed E-state index contributed by atoms with van der Waals surface area (Å²) in [5.74, 6) is 0.535. The highest BCUT2D eigenvalue weighted by molar-refractivity contribution is 7.22. The second-order valence-electron chi connectivity index (χ2n) is 10.2. The Balaban J connectivity index is 1.31. The number of fused-ring (bicyclic) bond motifs is 1. The fourth-order valence-corrected chi connectivity index (χ4v) is 5.38. The Morgan fingerprint density at radius 3 is 2.61 bits per heavy atom. The third kappa shape index (κ3) is 5.87. The average Bonchev–Trinajstić information content (AvgIpc) is 3.48. The molecule has 2 fully saturated rings. The van der Waals surface area contributed by atoms with Gasteiger partial charge in [0.15, 0.2) is 16.7 Å². The minimum Gasteiger partial charge on any atom is -0.490 e. The first-order valence-corrected chi connectivity index (χ1v) is 12.5. The summed E-state index contributed by atoms with van der Waals surface area (Å²) in [7, 11) is 0. The normalized spacial score (nSPS) is 18.5. The summed E-state index contributed by atoms with van der Waals surface area (Å²) >= 11 is 1.56. The first-order chi connectivity index (χ1) is 15.6. The van der Waals surface area contributed by atoms with Gasteiger partial charge in [-0.05, 0) is 59.3 Å². The lowest BCUT2D eigenvalue weighted by Crippen LogP contribution is -2.52. The molecule has 2 aromatic rings. The van der Waals surface area contributed by atoms with Crippen LogP contribution in [0.1, 0.15) is 53.4 Å². The quantitative estimate of drug-likeness (QED) is 0.548. The number of carbonyl (C=O) groups is 1. The van der Waals surface area contributed by atoms with Crippen LogP contribution in [0.4, 0.5) is 14.3 Å². The molecule has 33 heavy (non-hydrogen) atoms. The van der Waals surface area contributed by atoms with Crippen LogP contribution >= 0.6 is 11.3 Å². The first kappa shape index (κ1) is 24.0. The number of piperidine rings is 1. The monoisotopic (exact) mass is 479 g/mol. The van der Waals surface area contributed by atoms with Crippen molar-refractivity contribution < 1.29 is 23.8 Å². The van der Waals surface area contributed by atoms with Crippen molar-refractivity contribution in [1.82, 2.24) is 9.88 Å². The van der Waals surface area contributed by atoms with E-state index in [2.05, 4.69) is 9.88 Å². The Morgan fingerprint density at radius 1 is 1.30 bits per heavy atom. The third-order valence-corrected chi connectivity index (χ3v) is 7.34. The van der Waals surface area contributed by atoms with Gasteiger partial charge in [0.1, 0.15) is 0 Å². The van der Waals surface area contributed by atoms with Crippen molar-refractivity contribution in [2.75, 3.05) is 31.2 Å². The van der Waals surface area contributed by atoms with Crippen molar-refractivity contribution in [3.8, 4) is 5.75 Å². The van der Waals surface area contributed by atoms with Gasteiger partial charge in [-0.3, -0.25) is 4.90 Å². The SMILES string of the molecule is C[C@@H](COC1CCN(c2nc3cc(F)c(OCC4CC4)cc3s2)CC1)N(C(=O)O)C(C)(C)C. The van der Waals surface area contributed by atoms with Gasteiger partial charge < -0.3 is 19.5 Å².